The van der Waals surface area contributed by atoms with E-state index in [9.17, 15) is 9.59 Å². The summed E-state index contributed by atoms with van der Waals surface area (Å²) in [5.41, 5.74) is 1.01. The highest BCUT2D eigenvalue weighted by Crippen LogP contribution is 2.31. The van der Waals surface area contributed by atoms with Crippen LogP contribution in [0.4, 0.5) is 5.69 Å². The normalized spacial score (nSPS) is 13.9. The van der Waals surface area contributed by atoms with E-state index in [0.29, 0.717) is 24.6 Å². The first-order chi connectivity index (χ1) is 9.63. The van der Waals surface area contributed by atoms with Crippen molar-refractivity contribution in [3.63, 3.8) is 0 Å². The molecule has 1 aliphatic heterocycles. The van der Waals surface area contributed by atoms with Crippen molar-refractivity contribution in [2.45, 2.75) is 12.5 Å². The average molecular weight is 274 g/mol. The van der Waals surface area contributed by atoms with Gasteiger partial charge in [0, 0.05) is 13.0 Å². The lowest BCUT2D eigenvalue weighted by Crippen LogP contribution is -2.40. The van der Waals surface area contributed by atoms with Crippen molar-refractivity contribution in [1.29, 1.82) is 0 Å². The number of hydrogen-bond acceptors (Lipinski definition) is 4. The highest BCUT2D eigenvalue weighted by molar-refractivity contribution is 6.00. The Hall–Kier alpha value is -2.68. The zero-order chi connectivity index (χ0) is 14.5. The molecular formula is C14H14N2O4. The van der Waals surface area contributed by atoms with E-state index in [0.717, 1.165) is 0 Å². The summed E-state index contributed by atoms with van der Waals surface area (Å²) in [6.07, 6.45) is 5.02. The van der Waals surface area contributed by atoms with Gasteiger partial charge in [-0.05, 0) is 12.1 Å². The third-order valence-electron chi connectivity index (χ3n) is 2.85. The largest absolute Gasteiger partial charge is 0.489 e. The molecule has 0 aromatic heterocycles. The van der Waals surface area contributed by atoms with Crippen LogP contribution in [0.2, 0.25) is 0 Å². The third-order valence-corrected chi connectivity index (χ3v) is 2.85. The van der Waals surface area contributed by atoms with Crippen LogP contribution in [0.1, 0.15) is 16.8 Å². The summed E-state index contributed by atoms with van der Waals surface area (Å²) in [7, 11) is 0. The third kappa shape index (κ3) is 2.83. The number of nitrogens with one attached hydrogen (secondary N) is 2. The highest BCUT2D eigenvalue weighted by Gasteiger charge is 2.23. The number of carbonyl (C=O) groups is 2. The number of benzene rings is 1. The van der Waals surface area contributed by atoms with Crippen LogP contribution in [-0.2, 0) is 4.79 Å². The van der Waals surface area contributed by atoms with Crippen molar-refractivity contribution in [3.05, 3.63) is 23.8 Å². The first-order valence-electron chi connectivity index (χ1n) is 6.10. The van der Waals surface area contributed by atoms with E-state index in [1.165, 1.54) is 0 Å². The van der Waals surface area contributed by atoms with Gasteiger partial charge < -0.3 is 20.5 Å². The van der Waals surface area contributed by atoms with E-state index in [4.69, 9.17) is 16.3 Å². The van der Waals surface area contributed by atoms with Crippen LogP contribution in [-0.4, -0.2) is 36.2 Å². The number of amides is 1. The van der Waals surface area contributed by atoms with Crippen molar-refractivity contribution in [2.24, 2.45) is 0 Å². The monoisotopic (exact) mass is 274 g/mol. The second-order valence-corrected chi connectivity index (χ2v) is 4.23. The van der Waals surface area contributed by atoms with Gasteiger partial charge in [0.2, 0.25) is 0 Å². The molecule has 1 atom stereocenters. The van der Waals surface area contributed by atoms with Crippen LogP contribution in [0.15, 0.2) is 18.2 Å². The number of carboxylic acid groups (broad SMARTS) is 1. The summed E-state index contributed by atoms with van der Waals surface area (Å²) in [4.78, 5) is 23.1. The summed E-state index contributed by atoms with van der Waals surface area (Å²) in [5, 5.41) is 14.5. The van der Waals surface area contributed by atoms with Gasteiger partial charge in [-0.1, -0.05) is 6.07 Å². The highest BCUT2D eigenvalue weighted by atomic mass is 16.5. The Kier molecular flexibility index (Phi) is 4.11. The Labute approximate surface area is 116 Å². The lowest BCUT2D eigenvalue weighted by atomic mass is 10.1. The maximum Gasteiger partial charge on any atom is 0.327 e. The summed E-state index contributed by atoms with van der Waals surface area (Å²) in [5.74, 6) is 0.974. The first-order valence-corrected chi connectivity index (χ1v) is 6.10. The van der Waals surface area contributed by atoms with Crippen LogP contribution >= 0.6 is 0 Å². The van der Waals surface area contributed by atoms with Gasteiger partial charge in [-0.3, -0.25) is 4.79 Å². The van der Waals surface area contributed by atoms with E-state index in [1.807, 2.05) is 0 Å². The molecule has 0 spiro atoms. The smallest absolute Gasteiger partial charge is 0.327 e. The predicted octanol–water partition coefficient (Wildman–Crippen LogP) is 0.697. The fourth-order valence-electron chi connectivity index (χ4n) is 1.90. The minimum atomic E-state index is -1.17. The number of aliphatic carboxylic acids is 1. The molecule has 0 fully saturated rings. The summed E-state index contributed by atoms with van der Waals surface area (Å²) in [6.45, 7) is 1.11. The Bertz CT molecular complexity index is 577. The van der Waals surface area contributed by atoms with Gasteiger partial charge in [-0.25, -0.2) is 4.79 Å². The van der Waals surface area contributed by atoms with Crippen LogP contribution < -0.4 is 15.4 Å². The maximum absolute atomic E-state index is 12.2. The summed E-state index contributed by atoms with van der Waals surface area (Å²) >= 11 is 0. The molecule has 1 amide bonds. The topological polar surface area (TPSA) is 87.7 Å². The number of rotatable bonds is 4. The second kappa shape index (κ2) is 5.97. The molecule has 1 aliphatic rings. The molecular weight excluding hydrogens is 260 g/mol. The number of para-hydroxylation sites is 1. The number of fused-ring (bicyclic) bond motifs is 1. The maximum atomic E-state index is 12.2. The first kappa shape index (κ1) is 13.7. The molecule has 0 saturated heterocycles. The van der Waals surface area contributed by atoms with Gasteiger partial charge in [-0.15, -0.1) is 12.3 Å². The molecule has 20 heavy (non-hydrogen) atoms. The van der Waals surface area contributed by atoms with Gasteiger partial charge in [0.25, 0.3) is 5.91 Å². The second-order valence-electron chi connectivity index (χ2n) is 4.23. The Morgan fingerprint density at radius 1 is 1.55 bits per heavy atom. The number of carbonyl (C=O) groups excluding carboxylic acids is 1. The zero-order valence-electron chi connectivity index (χ0n) is 10.7. The van der Waals surface area contributed by atoms with Crippen molar-refractivity contribution in [3.8, 4) is 18.1 Å². The molecule has 104 valence electrons. The Morgan fingerprint density at radius 2 is 2.35 bits per heavy atom. The number of anilines is 1. The van der Waals surface area contributed by atoms with Crippen LogP contribution in [0.3, 0.4) is 0 Å². The average Bonchev–Trinajstić information content (AvgIpc) is 2.46. The molecule has 0 aliphatic carbocycles. The standard InChI is InChI=1S/C14H14N2O4/c1-2-4-11(14(18)19)16-13(17)9-5-3-6-10-12(9)20-8-7-15-10/h1,3,5-6,11,15H,4,7-8H2,(H,16,17)(H,18,19). The summed E-state index contributed by atoms with van der Waals surface area (Å²) < 4.78 is 5.47. The van der Waals surface area contributed by atoms with E-state index in [2.05, 4.69) is 16.6 Å². The van der Waals surface area contributed by atoms with Gasteiger partial charge >= 0.3 is 5.97 Å². The van der Waals surface area contributed by atoms with Crippen LogP contribution in [0, 0.1) is 12.3 Å². The molecule has 6 heteroatoms. The molecule has 6 nitrogen and oxygen atoms in total. The molecule has 1 aromatic carbocycles. The number of hydrogen-bond donors (Lipinski definition) is 3. The van der Waals surface area contributed by atoms with Gasteiger partial charge in [0.1, 0.15) is 12.6 Å². The fraction of sp³-hybridized carbons (Fsp3) is 0.286. The van der Waals surface area contributed by atoms with Gasteiger partial charge in [-0.2, -0.15) is 0 Å². The van der Waals surface area contributed by atoms with E-state index in [1.54, 1.807) is 18.2 Å². The van der Waals surface area contributed by atoms with Gasteiger partial charge in [0.05, 0.1) is 11.3 Å². The zero-order valence-corrected chi connectivity index (χ0v) is 10.7. The fourth-order valence-corrected chi connectivity index (χ4v) is 1.90. The lowest BCUT2D eigenvalue weighted by molar-refractivity contribution is -0.139. The Balaban J connectivity index is 2.21. The summed E-state index contributed by atoms with van der Waals surface area (Å²) in [6, 6.07) is 3.96. The molecule has 1 heterocycles. The van der Waals surface area contributed by atoms with Crippen molar-refractivity contribution in [1.82, 2.24) is 5.32 Å². The lowest BCUT2D eigenvalue weighted by Gasteiger charge is -2.22. The van der Waals surface area contributed by atoms with E-state index >= 15 is 0 Å². The minimum Gasteiger partial charge on any atom is -0.489 e. The van der Waals surface area contributed by atoms with E-state index in [-0.39, 0.29) is 12.0 Å². The molecule has 3 N–H and O–H groups in total. The molecule has 0 radical (unpaired) electrons. The van der Waals surface area contributed by atoms with Crippen molar-refractivity contribution < 1.29 is 19.4 Å². The molecule has 1 unspecified atom stereocenters. The minimum absolute atomic E-state index is 0.0742. The van der Waals surface area contributed by atoms with Crippen molar-refractivity contribution in [2.75, 3.05) is 18.5 Å². The SMILES string of the molecule is C#CCC(NC(=O)c1cccc2c1OCCN2)C(=O)O. The molecule has 0 saturated carbocycles. The molecule has 1 aromatic rings. The number of ether oxygens (including phenoxy) is 1. The molecule has 2 rings (SSSR count). The predicted molar refractivity (Wildman–Crippen MR) is 72.8 cm³/mol. The van der Waals surface area contributed by atoms with Crippen LogP contribution in [0.25, 0.3) is 0 Å². The quantitative estimate of drug-likeness (QED) is 0.703. The number of terminal acetylenes is 1. The Morgan fingerprint density at radius 3 is 3.05 bits per heavy atom. The van der Waals surface area contributed by atoms with Gasteiger partial charge in [0.15, 0.2) is 5.75 Å². The van der Waals surface area contributed by atoms with Crippen molar-refractivity contribution >= 4 is 17.6 Å². The van der Waals surface area contributed by atoms with E-state index < -0.39 is 17.9 Å². The van der Waals surface area contributed by atoms with Crippen LogP contribution in [0.5, 0.6) is 5.75 Å². The molecule has 0 bridgehead atoms. The number of carboxylic acids is 1.